The topological polar surface area (TPSA) is 61.8 Å². The molecule has 0 aliphatic carbocycles. The molecule has 5 nitrogen and oxygen atoms in total. The predicted molar refractivity (Wildman–Crippen MR) is 106 cm³/mol. The van der Waals surface area contributed by atoms with Gasteiger partial charge in [-0.3, -0.25) is 9.59 Å². The fourth-order valence-corrected chi connectivity index (χ4v) is 3.30. The van der Waals surface area contributed by atoms with E-state index in [1.807, 2.05) is 56.3 Å². The molecule has 1 aliphatic rings. The van der Waals surface area contributed by atoms with E-state index in [1.165, 1.54) is 0 Å². The second-order valence-corrected chi connectivity index (χ2v) is 7.40. The lowest BCUT2D eigenvalue weighted by Crippen LogP contribution is -2.30. The molecule has 1 heterocycles. The lowest BCUT2D eigenvalue weighted by Gasteiger charge is -2.19. The van der Waals surface area contributed by atoms with Crippen molar-refractivity contribution in [3.05, 3.63) is 63.6 Å². The molecule has 26 heavy (non-hydrogen) atoms. The summed E-state index contributed by atoms with van der Waals surface area (Å²) in [6.07, 6.45) is 1.79. The summed E-state index contributed by atoms with van der Waals surface area (Å²) in [6, 6.07) is 13.5. The van der Waals surface area contributed by atoms with Crippen LogP contribution in [0, 0.1) is 19.8 Å². The van der Waals surface area contributed by atoms with Gasteiger partial charge >= 0.3 is 0 Å². The molecule has 2 aromatic rings. The Hall–Kier alpha value is -2.47. The number of aryl methyl sites for hydroxylation is 2. The first kappa shape index (κ1) is 18.3. The fourth-order valence-electron chi connectivity index (χ4n) is 3.03. The van der Waals surface area contributed by atoms with Gasteiger partial charge in [0, 0.05) is 23.1 Å². The molecule has 134 valence electrons. The van der Waals surface area contributed by atoms with Crippen molar-refractivity contribution in [3.63, 3.8) is 0 Å². The van der Waals surface area contributed by atoms with Crippen molar-refractivity contribution in [1.29, 1.82) is 0 Å². The molecular formula is C20H20BrN3O2. The number of hydrazone groups is 1. The Morgan fingerprint density at radius 2 is 1.96 bits per heavy atom. The third-order valence-electron chi connectivity index (χ3n) is 4.40. The number of hydrogen-bond donors (Lipinski definition) is 1. The zero-order chi connectivity index (χ0) is 18.7. The quantitative estimate of drug-likeness (QED) is 0.614. The van der Waals surface area contributed by atoms with Crippen molar-refractivity contribution in [2.45, 2.75) is 20.3 Å². The van der Waals surface area contributed by atoms with E-state index in [9.17, 15) is 9.59 Å². The van der Waals surface area contributed by atoms with Gasteiger partial charge in [-0.25, -0.2) is 5.43 Å². The van der Waals surface area contributed by atoms with Gasteiger partial charge in [-0.15, -0.1) is 0 Å². The molecule has 1 atom stereocenters. The molecule has 0 aromatic heterocycles. The van der Waals surface area contributed by atoms with Gasteiger partial charge in [0.1, 0.15) is 0 Å². The molecule has 0 radical (unpaired) electrons. The van der Waals surface area contributed by atoms with Crippen LogP contribution in [-0.4, -0.2) is 24.6 Å². The van der Waals surface area contributed by atoms with Gasteiger partial charge in [0.05, 0.1) is 12.1 Å². The number of halogens is 1. The lowest BCUT2D eigenvalue weighted by molar-refractivity contribution is -0.126. The first-order chi connectivity index (χ1) is 12.4. The molecule has 2 amide bonds. The van der Waals surface area contributed by atoms with Gasteiger partial charge in [0.2, 0.25) is 11.8 Å². The van der Waals surface area contributed by atoms with Crippen LogP contribution < -0.4 is 10.3 Å². The SMILES string of the molecule is Cc1ccc(N2C[C@H](C(=O)NN=Cc3ccc(Br)cc3)CC2=O)c(C)c1. The van der Waals surface area contributed by atoms with Crippen molar-refractivity contribution >= 4 is 39.6 Å². The highest BCUT2D eigenvalue weighted by Gasteiger charge is 2.35. The lowest BCUT2D eigenvalue weighted by atomic mass is 10.1. The maximum absolute atomic E-state index is 12.4. The summed E-state index contributed by atoms with van der Waals surface area (Å²) in [5.41, 5.74) is 6.48. The predicted octanol–water partition coefficient (Wildman–Crippen LogP) is 3.57. The molecule has 1 N–H and O–H groups in total. The Morgan fingerprint density at radius 3 is 2.65 bits per heavy atom. The number of nitrogens with one attached hydrogen (secondary N) is 1. The average Bonchev–Trinajstić information content (AvgIpc) is 2.98. The minimum Gasteiger partial charge on any atom is -0.311 e. The fraction of sp³-hybridized carbons (Fsp3) is 0.250. The number of nitrogens with zero attached hydrogens (tertiary/aromatic N) is 2. The number of carbonyl (C=O) groups is 2. The van der Waals surface area contributed by atoms with E-state index in [4.69, 9.17) is 0 Å². The molecule has 2 aromatic carbocycles. The minimum atomic E-state index is -0.398. The normalized spacial score (nSPS) is 17.1. The number of hydrogen-bond acceptors (Lipinski definition) is 3. The van der Waals surface area contributed by atoms with Crippen LogP contribution in [0.15, 0.2) is 52.0 Å². The largest absolute Gasteiger partial charge is 0.311 e. The first-order valence-electron chi connectivity index (χ1n) is 8.40. The number of anilines is 1. The molecule has 1 saturated heterocycles. The smallest absolute Gasteiger partial charge is 0.245 e. The van der Waals surface area contributed by atoms with Crippen LogP contribution in [0.3, 0.4) is 0 Å². The molecule has 3 rings (SSSR count). The van der Waals surface area contributed by atoms with E-state index in [1.54, 1.807) is 11.1 Å². The van der Waals surface area contributed by atoms with Gasteiger partial charge in [-0.1, -0.05) is 45.8 Å². The van der Waals surface area contributed by atoms with E-state index >= 15 is 0 Å². The van der Waals surface area contributed by atoms with E-state index < -0.39 is 5.92 Å². The van der Waals surface area contributed by atoms with Crippen molar-refractivity contribution in [2.24, 2.45) is 11.0 Å². The summed E-state index contributed by atoms with van der Waals surface area (Å²) >= 11 is 3.37. The Bertz CT molecular complexity index is 862. The zero-order valence-electron chi connectivity index (χ0n) is 14.7. The third-order valence-corrected chi connectivity index (χ3v) is 4.93. The first-order valence-corrected chi connectivity index (χ1v) is 9.19. The van der Waals surface area contributed by atoms with Crippen LogP contribution in [0.4, 0.5) is 5.69 Å². The monoisotopic (exact) mass is 413 g/mol. The van der Waals surface area contributed by atoms with Crippen LogP contribution in [0.2, 0.25) is 0 Å². The highest BCUT2D eigenvalue weighted by molar-refractivity contribution is 9.10. The van der Waals surface area contributed by atoms with Crippen molar-refractivity contribution in [1.82, 2.24) is 5.43 Å². The third kappa shape index (κ3) is 4.19. The van der Waals surface area contributed by atoms with E-state index in [0.717, 1.165) is 26.9 Å². The molecule has 1 fully saturated rings. The molecule has 0 unspecified atom stereocenters. The summed E-state index contributed by atoms with van der Waals surface area (Å²) in [6.45, 7) is 4.37. The Labute approximate surface area is 161 Å². The average molecular weight is 414 g/mol. The highest BCUT2D eigenvalue weighted by Crippen LogP contribution is 2.28. The van der Waals surface area contributed by atoms with Gasteiger partial charge in [0.25, 0.3) is 0 Å². The van der Waals surface area contributed by atoms with E-state index in [0.29, 0.717) is 6.54 Å². The number of rotatable bonds is 4. The number of amides is 2. The Morgan fingerprint density at radius 1 is 1.23 bits per heavy atom. The van der Waals surface area contributed by atoms with Crippen molar-refractivity contribution in [3.8, 4) is 0 Å². The number of benzene rings is 2. The molecule has 0 bridgehead atoms. The van der Waals surface area contributed by atoms with Crippen molar-refractivity contribution in [2.75, 3.05) is 11.4 Å². The van der Waals surface area contributed by atoms with Gasteiger partial charge in [0.15, 0.2) is 0 Å². The summed E-state index contributed by atoms with van der Waals surface area (Å²) < 4.78 is 0.981. The van der Waals surface area contributed by atoms with Crippen LogP contribution in [0.1, 0.15) is 23.1 Å². The summed E-state index contributed by atoms with van der Waals surface area (Å²) in [5, 5.41) is 4.00. The van der Waals surface area contributed by atoms with E-state index in [2.05, 4.69) is 26.5 Å². The van der Waals surface area contributed by atoms with Crippen LogP contribution in [0.25, 0.3) is 0 Å². The highest BCUT2D eigenvalue weighted by atomic mass is 79.9. The van der Waals surface area contributed by atoms with E-state index in [-0.39, 0.29) is 18.2 Å². The van der Waals surface area contributed by atoms with Crippen LogP contribution in [-0.2, 0) is 9.59 Å². The second kappa shape index (κ2) is 7.83. The van der Waals surface area contributed by atoms with Gasteiger partial charge in [-0.2, -0.15) is 5.10 Å². The Kier molecular flexibility index (Phi) is 5.52. The van der Waals surface area contributed by atoms with Crippen molar-refractivity contribution < 1.29 is 9.59 Å². The maximum Gasteiger partial charge on any atom is 0.245 e. The summed E-state index contributed by atoms with van der Waals surface area (Å²) in [7, 11) is 0. The molecule has 1 aliphatic heterocycles. The maximum atomic E-state index is 12.4. The molecule has 0 spiro atoms. The van der Waals surface area contributed by atoms with Gasteiger partial charge < -0.3 is 4.90 Å². The van der Waals surface area contributed by atoms with Gasteiger partial charge in [-0.05, 0) is 43.2 Å². The summed E-state index contributed by atoms with van der Waals surface area (Å²) in [4.78, 5) is 26.4. The minimum absolute atomic E-state index is 0.0333. The molecule has 0 saturated carbocycles. The second-order valence-electron chi connectivity index (χ2n) is 6.48. The summed E-state index contributed by atoms with van der Waals surface area (Å²) in [5.74, 6) is -0.668. The molecule has 6 heteroatoms. The molecular weight excluding hydrogens is 394 g/mol. The standard InChI is InChI=1S/C20H20BrN3O2/c1-13-3-8-18(14(2)9-13)24-12-16(10-19(24)25)20(26)23-22-11-15-4-6-17(21)7-5-15/h3-9,11,16H,10,12H2,1-2H3,(H,23,26)/t16-/m1/s1. The number of carbonyl (C=O) groups excluding carboxylic acids is 2. The Balaban J connectivity index is 1.62. The van der Waals surface area contributed by atoms with Crippen LogP contribution >= 0.6 is 15.9 Å². The van der Waals surface area contributed by atoms with Crippen LogP contribution in [0.5, 0.6) is 0 Å². The zero-order valence-corrected chi connectivity index (χ0v) is 16.3.